The lowest BCUT2D eigenvalue weighted by atomic mass is 10.0. The van der Waals surface area contributed by atoms with E-state index < -0.39 is 0 Å². The van der Waals surface area contributed by atoms with E-state index >= 15 is 0 Å². The molecule has 0 saturated carbocycles. The zero-order valence-electron chi connectivity index (χ0n) is 12.4. The molecule has 1 atom stereocenters. The largest absolute Gasteiger partial charge is 0.358 e. The number of hydrogen-bond acceptors (Lipinski definition) is 4. The molecule has 0 spiro atoms. The summed E-state index contributed by atoms with van der Waals surface area (Å²) in [5.74, 6) is -0.110. The minimum atomic E-state index is -0.264. The predicted molar refractivity (Wildman–Crippen MR) is 87.0 cm³/mol. The monoisotopic (exact) mass is 315 g/mol. The van der Waals surface area contributed by atoms with Gasteiger partial charge in [-0.2, -0.15) is 0 Å². The number of likely N-dealkylation sites (N-methyl/N-ethyl adjacent to an activating group) is 1. The molecule has 2 heterocycles. The smallest absolute Gasteiger partial charge is 0.257 e. The average molecular weight is 315 g/mol. The maximum Gasteiger partial charge on any atom is 0.257 e. The van der Waals surface area contributed by atoms with Gasteiger partial charge in [0.25, 0.3) is 5.91 Å². The minimum absolute atomic E-state index is 0.0258. The van der Waals surface area contributed by atoms with Crippen LogP contribution in [0.2, 0.25) is 0 Å². The van der Waals surface area contributed by atoms with E-state index in [0.29, 0.717) is 5.56 Å². The Balaban J connectivity index is 2.11. The standard InChI is InChI=1S/C16H17N3O2S/c1-17-14(20)10-19-12-7-4-3-6-11(12)16(21)18(2)15(19)13-8-5-9-22-13/h3-9,15H,10H2,1-2H3,(H,17,20)/t15-/m0/s1. The van der Waals surface area contributed by atoms with Crippen LogP contribution in [0.1, 0.15) is 21.4 Å². The fourth-order valence-electron chi connectivity index (χ4n) is 2.73. The van der Waals surface area contributed by atoms with E-state index in [4.69, 9.17) is 0 Å². The average Bonchev–Trinajstić information content (AvgIpc) is 3.06. The molecule has 0 saturated heterocycles. The second-order valence-corrected chi connectivity index (χ2v) is 6.10. The maximum atomic E-state index is 12.6. The van der Waals surface area contributed by atoms with E-state index in [1.807, 2.05) is 40.6 Å². The van der Waals surface area contributed by atoms with Gasteiger partial charge in [0.1, 0.15) is 6.17 Å². The number of hydrogen-bond donors (Lipinski definition) is 1. The van der Waals surface area contributed by atoms with Crippen molar-refractivity contribution >= 4 is 28.8 Å². The number of carbonyl (C=O) groups is 2. The van der Waals surface area contributed by atoms with E-state index in [9.17, 15) is 9.59 Å². The summed E-state index contributed by atoms with van der Waals surface area (Å²) < 4.78 is 0. The zero-order chi connectivity index (χ0) is 15.7. The van der Waals surface area contributed by atoms with Crippen molar-refractivity contribution in [3.63, 3.8) is 0 Å². The van der Waals surface area contributed by atoms with Crippen LogP contribution in [0.15, 0.2) is 41.8 Å². The van der Waals surface area contributed by atoms with Crippen LogP contribution in [0.25, 0.3) is 0 Å². The number of fused-ring (bicyclic) bond motifs is 1. The minimum Gasteiger partial charge on any atom is -0.358 e. The maximum absolute atomic E-state index is 12.6. The van der Waals surface area contributed by atoms with Crippen molar-refractivity contribution in [2.24, 2.45) is 0 Å². The number of anilines is 1. The molecule has 1 aliphatic heterocycles. The molecule has 0 aliphatic carbocycles. The lowest BCUT2D eigenvalue weighted by Crippen LogP contribution is -2.50. The Bertz CT molecular complexity index is 699. The Morgan fingerprint density at radius 1 is 1.27 bits per heavy atom. The number of amides is 2. The SMILES string of the molecule is CNC(=O)CN1c2ccccc2C(=O)N(C)[C@@H]1c1cccs1. The number of carbonyl (C=O) groups excluding carboxylic acids is 2. The number of nitrogens with one attached hydrogen (secondary N) is 1. The molecule has 22 heavy (non-hydrogen) atoms. The summed E-state index contributed by atoms with van der Waals surface area (Å²) in [6, 6.07) is 11.4. The van der Waals surface area contributed by atoms with Crippen LogP contribution in [0, 0.1) is 0 Å². The van der Waals surface area contributed by atoms with E-state index in [-0.39, 0.29) is 24.5 Å². The lowest BCUT2D eigenvalue weighted by molar-refractivity contribution is -0.119. The highest BCUT2D eigenvalue weighted by Crippen LogP contribution is 2.38. The first-order valence-corrected chi connectivity index (χ1v) is 7.88. The van der Waals surface area contributed by atoms with Crippen molar-refractivity contribution in [1.29, 1.82) is 0 Å². The second-order valence-electron chi connectivity index (χ2n) is 5.12. The Morgan fingerprint density at radius 2 is 2.05 bits per heavy atom. The summed E-state index contributed by atoms with van der Waals surface area (Å²) in [5, 5.41) is 4.63. The molecule has 1 aliphatic rings. The third-order valence-electron chi connectivity index (χ3n) is 3.82. The van der Waals surface area contributed by atoms with Gasteiger partial charge in [-0.3, -0.25) is 9.59 Å². The van der Waals surface area contributed by atoms with E-state index in [1.54, 1.807) is 36.4 Å². The molecular weight excluding hydrogens is 298 g/mol. The van der Waals surface area contributed by atoms with Crippen LogP contribution < -0.4 is 10.2 Å². The van der Waals surface area contributed by atoms with Gasteiger partial charge in [0.05, 0.1) is 17.8 Å². The van der Waals surface area contributed by atoms with Gasteiger partial charge < -0.3 is 15.1 Å². The number of para-hydroxylation sites is 1. The molecule has 2 aromatic rings. The van der Waals surface area contributed by atoms with Crippen molar-refractivity contribution < 1.29 is 9.59 Å². The number of nitrogens with zero attached hydrogens (tertiary/aromatic N) is 2. The van der Waals surface area contributed by atoms with Gasteiger partial charge in [-0.05, 0) is 23.6 Å². The highest BCUT2D eigenvalue weighted by molar-refractivity contribution is 7.10. The lowest BCUT2D eigenvalue weighted by Gasteiger charge is -2.43. The number of benzene rings is 1. The molecule has 0 bridgehead atoms. The predicted octanol–water partition coefficient (Wildman–Crippen LogP) is 2.08. The Kier molecular flexibility index (Phi) is 3.85. The number of thiophene rings is 1. The van der Waals surface area contributed by atoms with Gasteiger partial charge in [-0.15, -0.1) is 11.3 Å². The quantitative estimate of drug-likeness (QED) is 0.943. The second kappa shape index (κ2) is 5.81. The van der Waals surface area contributed by atoms with Gasteiger partial charge in [-0.1, -0.05) is 18.2 Å². The molecule has 2 amide bonds. The zero-order valence-corrected chi connectivity index (χ0v) is 13.3. The van der Waals surface area contributed by atoms with Crippen molar-refractivity contribution in [1.82, 2.24) is 10.2 Å². The summed E-state index contributed by atoms with van der Waals surface area (Å²) >= 11 is 1.58. The van der Waals surface area contributed by atoms with Crippen LogP contribution in [-0.2, 0) is 4.79 Å². The Labute approximate surface area is 133 Å². The Hall–Kier alpha value is -2.34. The molecule has 1 N–H and O–H groups in total. The van der Waals surface area contributed by atoms with Gasteiger partial charge in [-0.25, -0.2) is 0 Å². The summed E-state index contributed by atoms with van der Waals surface area (Å²) in [5.41, 5.74) is 1.43. The molecule has 0 radical (unpaired) electrons. The number of rotatable bonds is 3. The van der Waals surface area contributed by atoms with Crippen LogP contribution in [0.5, 0.6) is 0 Å². The van der Waals surface area contributed by atoms with Gasteiger partial charge in [0, 0.05) is 19.0 Å². The first-order chi connectivity index (χ1) is 10.6. The molecule has 1 aromatic carbocycles. The third-order valence-corrected chi connectivity index (χ3v) is 4.73. The van der Waals surface area contributed by atoms with E-state index in [1.165, 1.54) is 0 Å². The third kappa shape index (κ3) is 2.35. The first kappa shape index (κ1) is 14.6. The van der Waals surface area contributed by atoms with Crippen molar-refractivity contribution in [3.05, 3.63) is 52.2 Å². The van der Waals surface area contributed by atoms with Crippen molar-refractivity contribution in [3.8, 4) is 0 Å². The first-order valence-electron chi connectivity index (χ1n) is 7.00. The molecule has 5 nitrogen and oxygen atoms in total. The summed E-state index contributed by atoms with van der Waals surface area (Å²) in [6.45, 7) is 0.202. The highest BCUT2D eigenvalue weighted by Gasteiger charge is 2.37. The van der Waals surface area contributed by atoms with Crippen LogP contribution in [0.3, 0.4) is 0 Å². The van der Waals surface area contributed by atoms with Crippen LogP contribution in [-0.4, -0.2) is 37.4 Å². The molecule has 0 fully saturated rings. The molecule has 114 valence electrons. The van der Waals surface area contributed by atoms with Crippen molar-refractivity contribution in [2.75, 3.05) is 25.5 Å². The molecular formula is C16H17N3O2S. The van der Waals surface area contributed by atoms with Crippen LogP contribution in [0.4, 0.5) is 5.69 Å². The normalized spacial score (nSPS) is 17.4. The summed E-state index contributed by atoms with van der Waals surface area (Å²) in [6.07, 6.45) is -0.264. The van der Waals surface area contributed by atoms with Gasteiger partial charge >= 0.3 is 0 Å². The molecule has 0 unspecified atom stereocenters. The molecule has 1 aromatic heterocycles. The molecule has 3 rings (SSSR count). The Morgan fingerprint density at radius 3 is 2.73 bits per heavy atom. The summed E-state index contributed by atoms with van der Waals surface area (Å²) in [7, 11) is 3.40. The topological polar surface area (TPSA) is 52.7 Å². The van der Waals surface area contributed by atoms with Crippen molar-refractivity contribution in [2.45, 2.75) is 6.17 Å². The van der Waals surface area contributed by atoms with Crippen LogP contribution >= 0.6 is 11.3 Å². The van der Waals surface area contributed by atoms with Gasteiger partial charge in [0.2, 0.25) is 5.91 Å². The van der Waals surface area contributed by atoms with E-state index in [0.717, 1.165) is 10.6 Å². The highest BCUT2D eigenvalue weighted by atomic mass is 32.1. The van der Waals surface area contributed by atoms with Gasteiger partial charge in [0.15, 0.2) is 0 Å². The fraction of sp³-hybridized carbons (Fsp3) is 0.250. The molecule has 6 heteroatoms. The van der Waals surface area contributed by atoms with E-state index in [2.05, 4.69) is 5.32 Å². The fourth-order valence-corrected chi connectivity index (χ4v) is 3.61. The summed E-state index contributed by atoms with van der Waals surface area (Å²) in [4.78, 5) is 29.3.